The average molecular weight is 277 g/mol. The van der Waals surface area contributed by atoms with E-state index in [0.717, 1.165) is 19.5 Å². The van der Waals surface area contributed by atoms with Gasteiger partial charge in [0.1, 0.15) is 12.5 Å². The van der Waals surface area contributed by atoms with Crippen molar-refractivity contribution in [1.82, 2.24) is 10.2 Å². The summed E-state index contributed by atoms with van der Waals surface area (Å²) in [5.74, 6) is 0.391. The summed E-state index contributed by atoms with van der Waals surface area (Å²) >= 11 is 0. The van der Waals surface area contributed by atoms with Crippen LogP contribution in [-0.4, -0.2) is 44.7 Å². The minimum absolute atomic E-state index is 0.250. The Morgan fingerprint density at radius 2 is 2.15 bits per heavy atom. The van der Waals surface area contributed by atoms with Crippen LogP contribution < -0.4 is 15.4 Å². The third-order valence-electron chi connectivity index (χ3n) is 2.62. The standard InChI is InChI=1S/C15H23N3O2/c1-4-15(19)17-13-8-5-6-9-14(13)20-12-16-10-7-11-18(2)3/h4-6,8-9,16H,1,7,10-12H2,2-3H3,(H,17,19). The minimum Gasteiger partial charge on any atom is -0.476 e. The highest BCUT2D eigenvalue weighted by Crippen LogP contribution is 2.23. The number of hydrogen-bond acceptors (Lipinski definition) is 4. The lowest BCUT2D eigenvalue weighted by Crippen LogP contribution is -2.25. The molecule has 20 heavy (non-hydrogen) atoms. The molecule has 0 atom stereocenters. The first-order valence-electron chi connectivity index (χ1n) is 6.64. The van der Waals surface area contributed by atoms with E-state index in [1.54, 1.807) is 6.07 Å². The van der Waals surface area contributed by atoms with Gasteiger partial charge >= 0.3 is 0 Å². The highest BCUT2D eigenvalue weighted by Gasteiger charge is 2.04. The van der Waals surface area contributed by atoms with Crippen LogP contribution in [0.1, 0.15) is 6.42 Å². The average Bonchev–Trinajstić information content (AvgIpc) is 2.43. The van der Waals surface area contributed by atoms with Gasteiger partial charge in [0.15, 0.2) is 0 Å². The van der Waals surface area contributed by atoms with Gasteiger partial charge in [0.2, 0.25) is 5.91 Å². The Balaban J connectivity index is 2.36. The fraction of sp³-hybridized carbons (Fsp3) is 0.400. The molecule has 1 rings (SSSR count). The SMILES string of the molecule is C=CC(=O)Nc1ccccc1OCNCCCN(C)C. The van der Waals surface area contributed by atoms with E-state index in [1.807, 2.05) is 18.2 Å². The molecule has 1 aromatic carbocycles. The molecule has 0 aliphatic carbocycles. The van der Waals surface area contributed by atoms with Crippen LogP contribution in [0, 0.1) is 0 Å². The molecule has 0 aromatic heterocycles. The van der Waals surface area contributed by atoms with E-state index in [4.69, 9.17) is 4.74 Å². The van der Waals surface area contributed by atoms with Crippen LogP contribution in [-0.2, 0) is 4.79 Å². The number of carbonyl (C=O) groups is 1. The first-order valence-corrected chi connectivity index (χ1v) is 6.64. The van der Waals surface area contributed by atoms with Gasteiger partial charge in [-0.1, -0.05) is 18.7 Å². The Labute approximate surface area is 120 Å². The summed E-state index contributed by atoms with van der Waals surface area (Å²) in [6.07, 6.45) is 2.29. The molecular formula is C15H23N3O2. The Morgan fingerprint density at radius 3 is 2.85 bits per heavy atom. The number of hydrogen-bond donors (Lipinski definition) is 2. The van der Waals surface area contributed by atoms with Crippen molar-refractivity contribution in [3.63, 3.8) is 0 Å². The molecule has 0 bridgehead atoms. The van der Waals surface area contributed by atoms with Crippen molar-refractivity contribution in [2.45, 2.75) is 6.42 Å². The lowest BCUT2D eigenvalue weighted by atomic mass is 10.3. The Hall–Kier alpha value is -1.85. The summed E-state index contributed by atoms with van der Waals surface area (Å²) in [6, 6.07) is 7.32. The van der Waals surface area contributed by atoms with E-state index in [-0.39, 0.29) is 5.91 Å². The monoisotopic (exact) mass is 277 g/mol. The number of rotatable bonds is 9. The lowest BCUT2D eigenvalue weighted by molar-refractivity contribution is -0.111. The van der Waals surface area contributed by atoms with Crippen LogP contribution in [0.3, 0.4) is 0 Å². The van der Waals surface area contributed by atoms with Gasteiger partial charge in [-0.2, -0.15) is 0 Å². The van der Waals surface area contributed by atoms with Crippen LogP contribution in [0.25, 0.3) is 0 Å². The first-order chi connectivity index (χ1) is 9.63. The molecule has 0 unspecified atom stereocenters. The molecule has 5 heteroatoms. The van der Waals surface area contributed by atoms with E-state index in [9.17, 15) is 4.79 Å². The van der Waals surface area contributed by atoms with E-state index >= 15 is 0 Å². The quantitative estimate of drug-likeness (QED) is 0.410. The maximum atomic E-state index is 11.3. The van der Waals surface area contributed by atoms with Crippen LogP contribution in [0.15, 0.2) is 36.9 Å². The molecule has 0 spiro atoms. The number of para-hydroxylation sites is 2. The van der Waals surface area contributed by atoms with E-state index in [1.165, 1.54) is 6.08 Å². The second-order valence-electron chi connectivity index (χ2n) is 4.64. The molecule has 2 N–H and O–H groups in total. The van der Waals surface area contributed by atoms with Gasteiger partial charge in [-0.15, -0.1) is 0 Å². The summed E-state index contributed by atoms with van der Waals surface area (Å²) in [5.41, 5.74) is 0.646. The fourth-order valence-electron chi connectivity index (χ4n) is 1.60. The number of ether oxygens (including phenoxy) is 1. The summed E-state index contributed by atoms with van der Waals surface area (Å²) in [7, 11) is 4.10. The molecule has 0 saturated carbocycles. The Kier molecular flexibility index (Phi) is 7.39. The molecule has 1 amide bonds. The summed E-state index contributed by atoms with van der Waals surface area (Å²) in [4.78, 5) is 13.4. The summed E-state index contributed by atoms with van der Waals surface area (Å²) < 4.78 is 5.62. The molecule has 110 valence electrons. The second-order valence-corrected chi connectivity index (χ2v) is 4.64. The van der Waals surface area contributed by atoms with Gasteiger partial charge in [0.25, 0.3) is 0 Å². The maximum Gasteiger partial charge on any atom is 0.247 e. The van der Waals surface area contributed by atoms with Gasteiger partial charge in [-0.05, 0) is 51.8 Å². The van der Waals surface area contributed by atoms with Gasteiger partial charge in [0, 0.05) is 0 Å². The number of benzene rings is 1. The predicted molar refractivity (Wildman–Crippen MR) is 81.9 cm³/mol. The van der Waals surface area contributed by atoms with Crippen LogP contribution >= 0.6 is 0 Å². The normalized spacial score (nSPS) is 10.3. The van der Waals surface area contributed by atoms with Gasteiger partial charge in [0.05, 0.1) is 5.69 Å². The van der Waals surface area contributed by atoms with Crippen molar-refractivity contribution in [3.05, 3.63) is 36.9 Å². The first kappa shape index (κ1) is 16.2. The van der Waals surface area contributed by atoms with E-state index in [0.29, 0.717) is 18.2 Å². The number of carbonyl (C=O) groups excluding carboxylic acids is 1. The zero-order valence-electron chi connectivity index (χ0n) is 12.2. The molecule has 1 aromatic rings. The number of nitrogens with zero attached hydrogens (tertiary/aromatic N) is 1. The van der Waals surface area contributed by atoms with Crippen molar-refractivity contribution >= 4 is 11.6 Å². The van der Waals surface area contributed by atoms with Crippen LogP contribution in [0.4, 0.5) is 5.69 Å². The third kappa shape index (κ3) is 6.36. The van der Waals surface area contributed by atoms with Crippen molar-refractivity contribution < 1.29 is 9.53 Å². The van der Waals surface area contributed by atoms with Gasteiger partial charge in [-0.25, -0.2) is 0 Å². The lowest BCUT2D eigenvalue weighted by Gasteiger charge is -2.13. The van der Waals surface area contributed by atoms with Gasteiger partial charge < -0.3 is 15.0 Å². The number of amides is 1. The minimum atomic E-state index is -0.250. The van der Waals surface area contributed by atoms with Crippen molar-refractivity contribution in [3.8, 4) is 5.75 Å². The Bertz CT molecular complexity index is 433. The molecule has 0 aliphatic heterocycles. The fourth-order valence-corrected chi connectivity index (χ4v) is 1.60. The topological polar surface area (TPSA) is 53.6 Å². The maximum absolute atomic E-state index is 11.3. The van der Waals surface area contributed by atoms with Crippen molar-refractivity contribution in [1.29, 1.82) is 0 Å². The molecule has 0 saturated heterocycles. The second kappa shape index (κ2) is 9.12. The van der Waals surface area contributed by atoms with E-state index in [2.05, 4.69) is 36.2 Å². The predicted octanol–water partition coefficient (Wildman–Crippen LogP) is 1.69. The molecule has 0 heterocycles. The van der Waals surface area contributed by atoms with E-state index < -0.39 is 0 Å². The highest BCUT2D eigenvalue weighted by molar-refractivity contribution is 5.99. The zero-order chi connectivity index (χ0) is 14.8. The zero-order valence-corrected chi connectivity index (χ0v) is 12.2. The smallest absolute Gasteiger partial charge is 0.247 e. The highest BCUT2D eigenvalue weighted by atomic mass is 16.5. The largest absolute Gasteiger partial charge is 0.476 e. The van der Waals surface area contributed by atoms with Crippen molar-refractivity contribution in [2.24, 2.45) is 0 Å². The summed E-state index contributed by atoms with van der Waals surface area (Å²) in [5, 5.41) is 5.91. The molecule has 0 aliphatic rings. The summed E-state index contributed by atoms with van der Waals surface area (Å²) in [6.45, 7) is 5.77. The number of nitrogens with one attached hydrogen (secondary N) is 2. The molecule has 5 nitrogen and oxygen atoms in total. The van der Waals surface area contributed by atoms with Crippen LogP contribution in [0.5, 0.6) is 5.75 Å². The van der Waals surface area contributed by atoms with Crippen molar-refractivity contribution in [2.75, 3.05) is 39.2 Å². The molecular weight excluding hydrogens is 254 g/mol. The third-order valence-corrected chi connectivity index (χ3v) is 2.62. The molecule has 0 radical (unpaired) electrons. The van der Waals surface area contributed by atoms with Crippen LogP contribution in [0.2, 0.25) is 0 Å². The Morgan fingerprint density at radius 1 is 1.40 bits per heavy atom. The van der Waals surface area contributed by atoms with Gasteiger partial charge in [-0.3, -0.25) is 10.1 Å². The molecule has 0 fully saturated rings. The number of anilines is 1.